The maximum atomic E-state index is 13.5. The second-order valence-electron chi connectivity index (χ2n) is 4.34. The molecule has 1 N–H and O–H groups in total. The van der Waals surface area contributed by atoms with Crippen molar-refractivity contribution in [3.05, 3.63) is 48.3 Å². The number of hydrogen-bond acceptors (Lipinski definition) is 1. The highest BCUT2D eigenvalue weighted by atomic mass is 19.1. The molecule has 1 aromatic carbocycles. The van der Waals surface area contributed by atoms with Crippen LogP contribution in [0, 0.1) is 5.82 Å². The third-order valence-electron chi connectivity index (χ3n) is 2.91. The largest absolute Gasteiger partial charge is 0.310 e. The van der Waals surface area contributed by atoms with Crippen LogP contribution in [0.5, 0.6) is 0 Å². The van der Waals surface area contributed by atoms with Crippen LogP contribution in [-0.2, 0) is 0 Å². The Balaban J connectivity index is 2.23. The quantitative estimate of drug-likeness (QED) is 0.525. The Morgan fingerprint density at radius 1 is 1.29 bits per heavy atom. The van der Waals surface area contributed by atoms with Gasteiger partial charge in [0.05, 0.1) is 0 Å². The van der Waals surface area contributed by atoms with Crippen LogP contribution in [0.3, 0.4) is 0 Å². The molecule has 1 atom stereocenters. The molecule has 2 heteroatoms. The van der Waals surface area contributed by atoms with Gasteiger partial charge < -0.3 is 5.32 Å². The molecule has 1 aromatic rings. The molecular formula is C15H22FN. The number of nitrogens with one attached hydrogen (secondary N) is 1. The van der Waals surface area contributed by atoms with Crippen molar-refractivity contribution in [1.29, 1.82) is 0 Å². The molecule has 1 nitrogen and oxygen atoms in total. The van der Waals surface area contributed by atoms with E-state index in [4.69, 9.17) is 0 Å². The first kappa shape index (κ1) is 13.9. The molecule has 94 valence electrons. The van der Waals surface area contributed by atoms with Crippen LogP contribution in [0.2, 0.25) is 0 Å². The summed E-state index contributed by atoms with van der Waals surface area (Å²) in [4.78, 5) is 0. The van der Waals surface area contributed by atoms with Gasteiger partial charge in [-0.25, -0.2) is 4.39 Å². The van der Waals surface area contributed by atoms with E-state index in [2.05, 4.69) is 11.9 Å². The van der Waals surface area contributed by atoms with E-state index in [-0.39, 0.29) is 11.9 Å². The molecule has 0 fully saturated rings. The fourth-order valence-electron chi connectivity index (χ4n) is 1.85. The Kier molecular flexibility index (Phi) is 6.56. The molecule has 0 aromatic heterocycles. The van der Waals surface area contributed by atoms with Crippen molar-refractivity contribution in [2.24, 2.45) is 0 Å². The van der Waals surface area contributed by atoms with Crippen molar-refractivity contribution < 1.29 is 4.39 Å². The lowest BCUT2D eigenvalue weighted by Crippen LogP contribution is -2.20. The van der Waals surface area contributed by atoms with Gasteiger partial charge in [0, 0.05) is 11.6 Å². The smallest absolute Gasteiger partial charge is 0.127 e. The Morgan fingerprint density at radius 2 is 2.06 bits per heavy atom. The van der Waals surface area contributed by atoms with Crippen molar-refractivity contribution in [1.82, 2.24) is 5.32 Å². The lowest BCUT2D eigenvalue weighted by molar-refractivity contribution is 0.511. The van der Waals surface area contributed by atoms with E-state index in [9.17, 15) is 4.39 Å². The predicted molar refractivity (Wildman–Crippen MR) is 71.5 cm³/mol. The second-order valence-corrected chi connectivity index (χ2v) is 4.34. The highest BCUT2D eigenvalue weighted by Gasteiger charge is 2.08. The molecule has 0 aliphatic rings. The molecule has 17 heavy (non-hydrogen) atoms. The molecule has 0 aliphatic heterocycles. The monoisotopic (exact) mass is 235 g/mol. The van der Waals surface area contributed by atoms with Crippen LogP contribution in [0.1, 0.15) is 44.2 Å². The molecule has 0 amide bonds. The lowest BCUT2D eigenvalue weighted by Gasteiger charge is -2.14. The zero-order valence-corrected chi connectivity index (χ0v) is 10.6. The molecule has 0 saturated carbocycles. The van der Waals surface area contributed by atoms with Crippen LogP contribution >= 0.6 is 0 Å². The molecule has 0 spiro atoms. The van der Waals surface area contributed by atoms with Crippen molar-refractivity contribution >= 4 is 0 Å². The lowest BCUT2D eigenvalue weighted by atomic mass is 10.1. The standard InChI is InChI=1S/C15H22FN/c1-3-4-5-6-9-12-17-13(2)14-10-7-8-11-15(14)16/h3,7-8,10-11,13,17H,1,4-6,9,12H2,2H3. The number of hydrogen-bond donors (Lipinski definition) is 1. The fourth-order valence-corrected chi connectivity index (χ4v) is 1.85. The van der Waals surface area contributed by atoms with Gasteiger partial charge in [0.15, 0.2) is 0 Å². The minimum absolute atomic E-state index is 0.0793. The third kappa shape index (κ3) is 5.14. The molecular weight excluding hydrogens is 213 g/mol. The van der Waals surface area contributed by atoms with E-state index >= 15 is 0 Å². The van der Waals surface area contributed by atoms with Crippen LogP contribution in [0.4, 0.5) is 4.39 Å². The van der Waals surface area contributed by atoms with E-state index < -0.39 is 0 Å². The second kappa shape index (κ2) is 8.02. The summed E-state index contributed by atoms with van der Waals surface area (Å²) in [5.41, 5.74) is 0.749. The van der Waals surface area contributed by atoms with Gasteiger partial charge >= 0.3 is 0 Å². The van der Waals surface area contributed by atoms with E-state index in [0.717, 1.165) is 24.9 Å². The summed E-state index contributed by atoms with van der Waals surface area (Å²) in [5, 5.41) is 3.35. The van der Waals surface area contributed by atoms with Gasteiger partial charge in [0.2, 0.25) is 0 Å². The van der Waals surface area contributed by atoms with Gasteiger partial charge in [0.25, 0.3) is 0 Å². The van der Waals surface area contributed by atoms with Crippen LogP contribution in [-0.4, -0.2) is 6.54 Å². The minimum Gasteiger partial charge on any atom is -0.310 e. The Morgan fingerprint density at radius 3 is 2.76 bits per heavy atom. The van der Waals surface area contributed by atoms with E-state index in [1.165, 1.54) is 18.9 Å². The Hall–Kier alpha value is -1.15. The zero-order chi connectivity index (χ0) is 12.5. The highest BCUT2D eigenvalue weighted by molar-refractivity contribution is 5.20. The summed E-state index contributed by atoms with van der Waals surface area (Å²) in [6, 6.07) is 7.03. The number of halogens is 1. The molecule has 1 unspecified atom stereocenters. The van der Waals surface area contributed by atoms with E-state index in [0.29, 0.717) is 0 Å². The Bertz CT molecular complexity index is 335. The van der Waals surface area contributed by atoms with Gasteiger partial charge in [0.1, 0.15) is 5.82 Å². The van der Waals surface area contributed by atoms with Crippen molar-refractivity contribution in [2.75, 3.05) is 6.54 Å². The summed E-state index contributed by atoms with van der Waals surface area (Å²) in [7, 11) is 0. The summed E-state index contributed by atoms with van der Waals surface area (Å²) in [6.07, 6.45) is 6.56. The maximum Gasteiger partial charge on any atom is 0.127 e. The average molecular weight is 235 g/mol. The molecule has 0 radical (unpaired) electrons. The topological polar surface area (TPSA) is 12.0 Å². The zero-order valence-electron chi connectivity index (χ0n) is 10.6. The van der Waals surface area contributed by atoms with Gasteiger partial charge in [-0.3, -0.25) is 0 Å². The number of rotatable bonds is 8. The van der Waals surface area contributed by atoms with Crippen molar-refractivity contribution in [2.45, 2.75) is 38.6 Å². The predicted octanol–water partition coefficient (Wildman–Crippen LogP) is 4.22. The Labute approximate surface area is 104 Å². The number of benzene rings is 1. The third-order valence-corrected chi connectivity index (χ3v) is 2.91. The van der Waals surface area contributed by atoms with Crippen LogP contribution < -0.4 is 5.32 Å². The number of unbranched alkanes of at least 4 members (excludes halogenated alkanes) is 3. The molecule has 0 aliphatic carbocycles. The van der Waals surface area contributed by atoms with Crippen LogP contribution in [0.25, 0.3) is 0 Å². The molecule has 0 saturated heterocycles. The van der Waals surface area contributed by atoms with Gasteiger partial charge in [-0.15, -0.1) is 6.58 Å². The summed E-state index contributed by atoms with van der Waals surface area (Å²) in [6.45, 7) is 6.64. The van der Waals surface area contributed by atoms with E-state index in [1.807, 2.05) is 25.1 Å². The first-order chi connectivity index (χ1) is 8.25. The SMILES string of the molecule is C=CCCCCCNC(C)c1ccccc1F. The fraction of sp³-hybridized carbons (Fsp3) is 0.467. The average Bonchev–Trinajstić information content (AvgIpc) is 2.34. The molecule has 0 bridgehead atoms. The van der Waals surface area contributed by atoms with Crippen LogP contribution in [0.15, 0.2) is 36.9 Å². The number of allylic oxidation sites excluding steroid dienone is 1. The normalized spacial score (nSPS) is 12.4. The molecule has 1 rings (SSSR count). The first-order valence-electron chi connectivity index (χ1n) is 6.34. The van der Waals surface area contributed by atoms with Crippen molar-refractivity contribution in [3.63, 3.8) is 0 Å². The first-order valence-corrected chi connectivity index (χ1v) is 6.34. The summed E-state index contributed by atoms with van der Waals surface area (Å²) < 4.78 is 13.5. The van der Waals surface area contributed by atoms with Gasteiger partial charge in [-0.2, -0.15) is 0 Å². The maximum absolute atomic E-state index is 13.5. The summed E-state index contributed by atoms with van der Waals surface area (Å²) in [5.74, 6) is -0.126. The van der Waals surface area contributed by atoms with E-state index in [1.54, 1.807) is 6.07 Å². The van der Waals surface area contributed by atoms with Crippen molar-refractivity contribution in [3.8, 4) is 0 Å². The molecule has 0 heterocycles. The minimum atomic E-state index is -0.126. The highest BCUT2D eigenvalue weighted by Crippen LogP contribution is 2.15. The van der Waals surface area contributed by atoms with Gasteiger partial charge in [-0.1, -0.05) is 30.7 Å². The van der Waals surface area contributed by atoms with Gasteiger partial charge in [-0.05, 0) is 38.8 Å². The summed E-state index contributed by atoms with van der Waals surface area (Å²) >= 11 is 0.